The number of ether oxygens (including phenoxy) is 1. The minimum atomic E-state index is 0.0706. The zero-order valence-electron chi connectivity index (χ0n) is 7.57. The summed E-state index contributed by atoms with van der Waals surface area (Å²) in [5.74, 6) is 0. The van der Waals surface area contributed by atoms with Crippen molar-refractivity contribution in [1.29, 1.82) is 0 Å². The summed E-state index contributed by atoms with van der Waals surface area (Å²) >= 11 is 0. The van der Waals surface area contributed by atoms with Crippen LogP contribution in [-0.4, -0.2) is 18.3 Å². The zero-order chi connectivity index (χ0) is 9.52. The van der Waals surface area contributed by atoms with Crippen molar-refractivity contribution in [3.63, 3.8) is 0 Å². The Labute approximate surface area is 78.5 Å². The number of rotatable bonds is 5. The molecule has 0 fully saturated rings. The Kier molecular flexibility index (Phi) is 4.23. The maximum atomic E-state index is 8.50. The molecule has 0 aromatic heterocycles. The molecule has 1 rings (SSSR count). The average Bonchev–Trinajstić information content (AvgIpc) is 2.19. The minimum absolute atomic E-state index is 0.0706. The van der Waals surface area contributed by atoms with Crippen LogP contribution in [0.2, 0.25) is 0 Å². The van der Waals surface area contributed by atoms with Crippen LogP contribution in [0.4, 0.5) is 0 Å². The van der Waals surface area contributed by atoms with Gasteiger partial charge >= 0.3 is 0 Å². The van der Waals surface area contributed by atoms with Crippen molar-refractivity contribution in [3.05, 3.63) is 42.0 Å². The number of benzene rings is 1. The molecule has 0 aliphatic rings. The first kappa shape index (κ1) is 9.96. The van der Waals surface area contributed by atoms with E-state index in [-0.39, 0.29) is 6.61 Å². The van der Waals surface area contributed by atoms with Crippen molar-refractivity contribution in [2.75, 3.05) is 13.2 Å². The lowest BCUT2D eigenvalue weighted by Gasteiger charge is -2.02. The standard InChI is InChI=1S/C11H14O2/c1-2-10-4-3-5-11(8-10)9-13-7-6-12/h2-5,8,12H,1,6-7,9H2. The van der Waals surface area contributed by atoms with Gasteiger partial charge in [-0.05, 0) is 17.2 Å². The maximum Gasteiger partial charge on any atom is 0.0718 e. The molecule has 1 aromatic carbocycles. The fourth-order valence-corrected chi connectivity index (χ4v) is 1.06. The fourth-order valence-electron chi connectivity index (χ4n) is 1.06. The van der Waals surface area contributed by atoms with Gasteiger partial charge in [-0.15, -0.1) is 0 Å². The Morgan fingerprint density at radius 1 is 1.46 bits per heavy atom. The smallest absolute Gasteiger partial charge is 0.0718 e. The van der Waals surface area contributed by atoms with E-state index in [9.17, 15) is 0 Å². The molecular formula is C11H14O2. The highest BCUT2D eigenvalue weighted by Crippen LogP contribution is 2.07. The molecule has 1 aromatic rings. The van der Waals surface area contributed by atoms with Gasteiger partial charge in [0.1, 0.15) is 0 Å². The molecule has 0 amide bonds. The normalized spacial score (nSPS) is 9.92. The van der Waals surface area contributed by atoms with Crippen molar-refractivity contribution < 1.29 is 9.84 Å². The summed E-state index contributed by atoms with van der Waals surface area (Å²) in [6, 6.07) is 7.96. The summed E-state index contributed by atoms with van der Waals surface area (Å²) in [6.45, 7) is 4.69. The van der Waals surface area contributed by atoms with Gasteiger partial charge < -0.3 is 9.84 Å². The van der Waals surface area contributed by atoms with Gasteiger partial charge in [-0.2, -0.15) is 0 Å². The minimum Gasteiger partial charge on any atom is -0.394 e. The monoisotopic (exact) mass is 178 g/mol. The largest absolute Gasteiger partial charge is 0.394 e. The van der Waals surface area contributed by atoms with E-state index in [1.165, 1.54) is 0 Å². The van der Waals surface area contributed by atoms with E-state index in [0.29, 0.717) is 13.2 Å². The van der Waals surface area contributed by atoms with Crippen LogP contribution >= 0.6 is 0 Å². The second-order valence-electron chi connectivity index (χ2n) is 2.73. The molecule has 2 nitrogen and oxygen atoms in total. The third-order valence-corrected chi connectivity index (χ3v) is 1.69. The first-order valence-electron chi connectivity index (χ1n) is 4.27. The third kappa shape index (κ3) is 3.40. The van der Waals surface area contributed by atoms with Crippen LogP contribution in [0.3, 0.4) is 0 Å². The second-order valence-corrected chi connectivity index (χ2v) is 2.73. The van der Waals surface area contributed by atoms with Crippen LogP contribution in [0.25, 0.3) is 6.08 Å². The van der Waals surface area contributed by atoms with Gasteiger partial charge in [-0.25, -0.2) is 0 Å². The van der Waals surface area contributed by atoms with Crippen LogP contribution in [0.5, 0.6) is 0 Å². The lowest BCUT2D eigenvalue weighted by molar-refractivity contribution is 0.0815. The van der Waals surface area contributed by atoms with Crippen molar-refractivity contribution in [1.82, 2.24) is 0 Å². The predicted octanol–water partition coefficient (Wildman–Crippen LogP) is 1.84. The average molecular weight is 178 g/mol. The second kappa shape index (κ2) is 5.51. The molecule has 0 saturated heterocycles. The maximum absolute atomic E-state index is 8.50. The van der Waals surface area contributed by atoms with Gasteiger partial charge in [0, 0.05) is 0 Å². The van der Waals surface area contributed by atoms with Crippen LogP contribution in [0, 0.1) is 0 Å². The highest BCUT2D eigenvalue weighted by molar-refractivity contribution is 5.47. The Hall–Kier alpha value is -1.12. The van der Waals surface area contributed by atoms with Crippen molar-refractivity contribution in [2.24, 2.45) is 0 Å². The molecule has 0 radical (unpaired) electrons. The Balaban J connectivity index is 2.51. The Bertz CT molecular complexity index is 269. The van der Waals surface area contributed by atoms with Crippen LogP contribution < -0.4 is 0 Å². The van der Waals surface area contributed by atoms with E-state index in [2.05, 4.69) is 6.58 Å². The quantitative estimate of drug-likeness (QED) is 0.697. The Morgan fingerprint density at radius 3 is 3.00 bits per heavy atom. The number of aliphatic hydroxyl groups excluding tert-OH is 1. The Morgan fingerprint density at radius 2 is 2.31 bits per heavy atom. The molecule has 0 aliphatic carbocycles. The van der Waals surface area contributed by atoms with E-state index in [4.69, 9.17) is 9.84 Å². The molecule has 0 aliphatic heterocycles. The predicted molar refractivity (Wildman–Crippen MR) is 53.3 cm³/mol. The summed E-state index contributed by atoms with van der Waals surface area (Å²) in [4.78, 5) is 0. The summed E-state index contributed by atoms with van der Waals surface area (Å²) in [5.41, 5.74) is 2.19. The molecule has 13 heavy (non-hydrogen) atoms. The highest BCUT2D eigenvalue weighted by atomic mass is 16.5. The van der Waals surface area contributed by atoms with Crippen LogP contribution in [0.1, 0.15) is 11.1 Å². The van der Waals surface area contributed by atoms with E-state index < -0.39 is 0 Å². The zero-order valence-corrected chi connectivity index (χ0v) is 7.57. The highest BCUT2D eigenvalue weighted by Gasteiger charge is 1.93. The first-order valence-corrected chi connectivity index (χ1v) is 4.27. The van der Waals surface area contributed by atoms with Gasteiger partial charge in [0.15, 0.2) is 0 Å². The van der Waals surface area contributed by atoms with Crippen molar-refractivity contribution in [2.45, 2.75) is 6.61 Å². The van der Waals surface area contributed by atoms with E-state index in [1.807, 2.05) is 24.3 Å². The fraction of sp³-hybridized carbons (Fsp3) is 0.273. The molecule has 0 atom stereocenters. The summed E-state index contributed by atoms with van der Waals surface area (Å²) < 4.78 is 5.18. The van der Waals surface area contributed by atoms with Gasteiger partial charge in [0.2, 0.25) is 0 Å². The number of aliphatic hydroxyl groups is 1. The molecule has 0 spiro atoms. The molecule has 70 valence electrons. The molecule has 1 N–H and O–H groups in total. The molecule has 0 bridgehead atoms. The van der Waals surface area contributed by atoms with Crippen LogP contribution in [0.15, 0.2) is 30.8 Å². The molecular weight excluding hydrogens is 164 g/mol. The molecule has 0 unspecified atom stereocenters. The lowest BCUT2D eigenvalue weighted by atomic mass is 10.1. The lowest BCUT2D eigenvalue weighted by Crippen LogP contribution is -1.99. The van der Waals surface area contributed by atoms with Crippen molar-refractivity contribution in [3.8, 4) is 0 Å². The van der Waals surface area contributed by atoms with Gasteiger partial charge in [-0.3, -0.25) is 0 Å². The SMILES string of the molecule is C=Cc1cccc(COCCO)c1. The van der Waals surface area contributed by atoms with Gasteiger partial charge in [-0.1, -0.05) is 30.9 Å². The van der Waals surface area contributed by atoms with E-state index in [1.54, 1.807) is 6.08 Å². The molecule has 0 heterocycles. The van der Waals surface area contributed by atoms with Gasteiger partial charge in [0.05, 0.1) is 19.8 Å². The van der Waals surface area contributed by atoms with Gasteiger partial charge in [0.25, 0.3) is 0 Å². The number of hydrogen-bond acceptors (Lipinski definition) is 2. The number of hydrogen-bond donors (Lipinski definition) is 1. The van der Waals surface area contributed by atoms with Crippen LogP contribution in [-0.2, 0) is 11.3 Å². The summed E-state index contributed by atoms with van der Waals surface area (Å²) in [5, 5.41) is 8.50. The topological polar surface area (TPSA) is 29.5 Å². The van der Waals surface area contributed by atoms with Crippen molar-refractivity contribution >= 4 is 6.08 Å². The molecule has 0 saturated carbocycles. The van der Waals surface area contributed by atoms with E-state index in [0.717, 1.165) is 11.1 Å². The molecule has 2 heteroatoms. The first-order chi connectivity index (χ1) is 6.36. The summed E-state index contributed by atoms with van der Waals surface area (Å²) in [6.07, 6.45) is 1.80. The third-order valence-electron chi connectivity index (χ3n) is 1.69. The van der Waals surface area contributed by atoms with E-state index >= 15 is 0 Å². The summed E-state index contributed by atoms with van der Waals surface area (Å²) in [7, 11) is 0.